The molecule has 0 amide bonds. The second kappa shape index (κ2) is 5.76. The lowest BCUT2D eigenvalue weighted by atomic mass is 10.00. The average Bonchev–Trinajstić information content (AvgIpc) is 2.21. The van der Waals surface area contributed by atoms with E-state index in [2.05, 4.69) is 0 Å². The molecule has 0 fully saturated rings. The summed E-state index contributed by atoms with van der Waals surface area (Å²) >= 11 is 0. The Labute approximate surface area is 105 Å². The Morgan fingerprint density at radius 3 is 1.00 bits per heavy atom. The van der Waals surface area contributed by atoms with Crippen molar-refractivity contribution in [1.29, 1.82) is 0 Å². The highest BCUT2D eigenvalue weighted by Gasteiger charge is 2.55. The molecule has 11 heteroatoms. The largest absolute Gasteiger partial charge is 0.389 e. The quantitative estimate of drug-likeness (QED) is 0.658. The lowest BCUT2D eigenvalue weighted by molar-refractivity contribution is -0.186. The standard InChI is InChI=1S/C9H8F10O/c10-6(11,1-3-8(14,15)16)5(20)7(12,13)2-4-9(17,18)19/h1-4H2. The van der Waals surface area contributed by atoms with Crippen molar-refractivity contribution in [3.63, 3.8) is 0 Å². The summed E-state index contributed by atoms with van der Waals surface area (Å²) in [5.41, 5.74) is 0. The van der Waals surface area contributed by atoms with E-state index in [4.69, 9.17) is 0 Å². The molecule has 0 aliphatic heterocycles. The van der Waals surface area contributed by atoms with Gasteiger partial charge in [-0.25, -0.2) is 0 Å². The monoisotopic (exact) mass is 322 g/mol. The van der Waals surface area contributed by atoms with Gasteiger partial charge in [0, 0.05) is 25.7 Å². The first kappa shape index (κ1) is 19.0. The second-order valence-corrected chi connectivity index (χ2v) is 3.97. The SMILES string of the molecule is O=C(C(F)(F)CCC(F)(F)F)C(F)(F)CCC(F)(F)F. The zero-order valence-corrected chi connectivity index (χ0v) is 9.52. The molecule has 0 atom stereocenters. The summed E-state index contributed by atoms with van der Waals surface area (Å²) in [6, 6.07) is 0. The molecule has 0 spiro atoms. The Morgan fingerprint density at radius 1 is 0.550 bits per heavy atom. The van der Waals surface area contributed by atoms with Crippen LogP contribution in [0.1, 0.15) is 25.7 Å². The van der Waals surface area contributed by atoms with Crippen molar-refractivity contribution in [3.05, 3.63) is 0 Å². The first-order valence-corrected chi connectivity index (χ1v) is 5.01. The Bertz CT molecular complexity index is 308. The van der Waals surface area contributed by atoms with Crippen molar-refractivity contribution >= 4 is 5.78 Å². The number of alkyl halides is 10. The summed E-state index contributed by atoms with van der Waals surface area (Å²) in [5, 5.41) is 0. The Kier molecular flexibility index (Phi) is 5.46. The van der Waals surface area contributed by atoms with Crippen molar-refractivity contribution in [2.45, 2.75) is 49.9 Å². The molecule has 0 unspecified atom stereocenters. The van der Waals surface area contributed by atoms with Crippen molar-refractivity contribution in [1.82, 2.24) is 0 Å². The molecule has 0 saturated carbocycles. The number of rotatable bonds is 6. The summed E-state index contributed by atoms with van der Waals surface area (Å²) in [5.74, 6) is -13.3. The van der Waals surface area contributed by atoms with Crippen molar-refractivity contribution in [3.8, 4) is 0 Å². The molecule has 0 saturated heterocycles. The number of ketones is 1. The fourth-order valence-electron chi connectivity index (χ4n) is 1.09. The normalized spacial score (nSPS) is 14.5. The molecule has 0 aliphatic carbocycles. The van der Waals surface area contributed by atoms with Gasteiger partial charge in [0.15, 0.2) is 0 Å². The van der Waals surface area contributed by atoms with Crippen molar-refractivity contribution in [2.75, 3.05) is 0 Å². The van der Waals surface area contributed by atoms with E-state index in [9.17, 15) is 48.7 Å². The minimum absolute atomic E-state index is 2.21. The van der Waals surface area contributed by atoms with Crippen LogP contribution in [-0.4, -0.2) is 30.0 Å². The third-order valence-electron chi connectivity index (χ3n) is 2.11. The van der Waals surface area contributed by atoms with Gasteiger partial charge in [-0.05, 0) is 0 Å². The van der Waals surface area contributed by atoms with E-state index in [1.54, 1.807) is 0 Å². The molecular formula is C9H8F10O. The van der Waals surface area contributed by atoms with E-state index in [0.29, 0.717) is 0 Å². The molecule has 20 heavy (non-hydrogen) atoms. The molecule has 0 aromatic rings. The maximum atomic E-state index is 12.9. The highest BCUT2D eigenvalue weighted by molar-refractivity contribution is 5.91. The van der Waals surface area contributed by atoms with Gasteiger partial charge in [0.25, 0.3) is 5.78 Å². The van der Waals surface area contributed by atoms with Crippen LogP contribution in [0.2, 0.25) is 0 Å². The molecule has 0 aromatic heterocycles. The van der Waals surface area contributed by atoms with Crippen LogP contribution in [0.25, 0.3) is 0 Å². The van der Waals surface area contributed by atoms with Crippen LogP contribution in [-0.2, 0) is 4.79 Å². The smallest absolute Gasteiger partial charge is 0.286 e. The Balaban J connectivity index is 4.75. The van der Waals surface area contributed by atoms with Crippen LogP contribution >= 0.6 is 0 Å². The maximum absolute atomic E-state index is 12.9. The van der Waals surface area contributed by atoms with E-state index in [1.165, 1.54) is 0 Å². The summed E-state index contributed by atoms with van der Waals surface area (Å²) < 4.78 is 121. The van der Waals surface area contributed by atoms with Gasteiger partial charge in [0.05, 0.1) is 0 Å². The maximum Gasteiger partial charge on any atom is 0.389 e. The lowest BCUT2D eigenvalue weighted by Gasteiger charge is -2.22. The first-order chi connectivity index (χ1) is 8.57. The Hall–Kier alpha value is -1.03. The molecule has 0 aliphatic rings. The van der Waals surface area contributed by atoms with Gasteiger partial charge in [-0.2, -0.15) is 43.9 Å². The topological polar surface area (TPSA) is 17.1 Å². The van der Waals surface area contributed by atoms with Crippen molar-refractivity contribution < 1.29 is 48.7 Å². The van der Waals surface area contributed by atoms with E-state index >= 15 is 0 Å². The molecule has 1 nitrogen and oxygen atoms in total. The summed E-state index contributed by atoms with van der Waals surface area (Å²) in [6.07, 6.45) is -19.1. The zero-order valence-electron chi connectivity index (χ0n) is 9.52. The fourth-order valence-corrected chi connectivity index (χ4v) is 1.09. The summed E-state index contributed by atoms with van der Waals surface area (Å²) in [7, 11) is 0. The number of Topliss-reactive ketones (excluding diaryl/α,β-unsaturated/α-hetero) is 1. The number of carbonyl (C=O) groups excluding carboxylic acids is 1. The third kappa shape index (κ3) is 6.94. The molecule has 0 radical (unpaired) electrons. The fraction of sp³-hybridized carbons (Fsp3) is 0.889. The van der Waals surface area contributed by atoms with Gasteiger partial charge in [-0.3, -0.25) is 4.79 Å². The molecule has 0 aromatic carbocycles. The third-order valence-corrected chi connectivity index (χ3v) is 2.11. The van der Waals surface area contributed by atoms with Gasteiger partial charge in [-0.1, -0.05) is 0 Å². The van der Waals surface area contributed by atoms with Crippen LogP contribution in [0.15, 0.2) is 0 Å². The van der Waals surface area contributed by atoms with Crippen LogP contribution < -0.4 is 0 Å². The van der Waals surface area contributed by atoms with Crippen LogP contribution in [0.3, 0.4) is 0 Å². The number of hydrogen-bond donors (Lipinski definition) is 0. The first-order valence-electron chi connectivity index (χ1n) is 5.01. The van der Waals surface area contributed by atoms with Crippen molar-refractivity contribution in [2.24, 2.45) is 0 Å². The lowest BCUT2D eigenvalue weighted by Crippen LogP contribution is -2.43. The minimum atomic E-state index is -5.11. The molecule has 0 N–H and O–H groups in total. The summed E-state index contributed by atoms with van der Waals surface area (Å²) in [4.78, 5) is 10.7. The molecular weight excluding hydrogens is 314 g/mol. The second-order valence-electron chi connectivity index (χ2n) is 3.97. The van der Waals surface area contributed by atoms with Gasteiger partial charge < -0.3 is 0 Å². The number of carbonyl (C=O) groups is 1. The van der Waals surface area contributed by atoms with Gasteiger partial charge in [-0.15, -0.1) is 0 Å². The molecule has 0 heterocycles. The van der Waals surface area contributed by atoms with E-state index in [0.717, 1.165) is 0 Å². The minimum Gasteiger partial charge on any atom is -0.286 e. The van der Waals surface area contributed by atoms with Gasteiger partial charge in [0.1, 0.15) is 0 Å². The number of hydrogen-bond acceptors (Lipinski definition) is 1. The van der Waals surface area contributed by atoms with Gasteiger partial charge in [0.2, 0.25) is 0 Å². The van der Waals surface area contributed by atoms with E-state index < -0.39 is 55.7 Å². The van der Waals surface area contributed by atoms with Crippen LogP contribution in [0.4, 0.5) is 43.9 Å². The van der Waals surface area contributed by atoms with Gasteiger partial charge >= 0.3 is 24.2 Å². The predicted octanol–water partition coefficient (Wildman–Crippen LogP) is 4.51. The zero-order chi connectivity index (χ0) is 16.4. The molecule has 0 rings (SSSR count). The summed E-state index contributed by atoms with van der Waals surface area (Å²) in [6.45, 7) is 0. The van der Waals surface area contributed by atoms with Crippen LogP contribution in [0.5, 0.6) is 0 Å². The average molecular weight is 322 g/mol. The molecule has 120 valence electrons. The van der Waals surface area contributed by atoms with E-state index in [-0.39, 0.29) is 0 Å². The Morgan fingerprint density at radius 2 is 0.800 bits per heavy atom. The molecule has 0 bridgehead atoms. The highest BCUT2D eigenvalue weighted by Crippen LogP contribution is 2.37. The number of halogens is 10. The highest BCUT2D eigenvalue weighted by atomic mass is 19.4. The van der Waals surface area contributed by atoms with E-state index in [1.807, 2.05) is 0 Å². The van der Waals surface area contributed by atoms with Crippen LogP contribution in [0, 0.1) is 0 Å². The predicted molar refractivity (Wildman–Crippen MR) is 45.5 cm³/mol.